The van der Waals surface area contributed by atoms with Crippen molar-refractivity contribution in [3.8, 4) is 10.6 Å². The van der Waals surface area contributed by atoms with Crippen LogP contribution in [-0.2, 0) is 0 Å². The molecule has 0 radical (unpaired) electrons. The van der Waals surface area contributed by atoms with Crippen LogP contribution in [0.25, 0.3) is 10.6 Å². The summed E-state index contributed by atoms with van der Waals surface area (Å²) in [5.41, 5.74) is 0.939. The second-order valence-electron chi connectivity index (χ2n) is 3.45. The maximum atomic E-state index is 4.37. The summed E-state index contributed by atoms with van der Waals surface area (Å²) in [6.07, 6.45) is 4.72. The fourth-order valence-corrected chi connectivity index (χ4v) is 2.11. The molecule has 2 rings (SSSR count). The van der Waals surface area contributed by atoms with Gasteiger partial charge in [0.2, 0.25) is 0 Å². The summed E-state index contributed by atoms with van der Waals surface area (Å²) < 4.78 is 0. The Bertz CT molecular complexity index is 467. The third-order valence-corrected chi connectivity index (χ3v) is 3.04. The van der Waals surface area contributed by atoms with Gasteiger partial charge in [-0.1, -0.05) is 18.3 Å². The lowest BCUT2D eigenvalue weighted by Gasteiger charge is -1.97. The van der Waals surface area contributed by atoms with Crippen molar-refractivity contribution in [1.29, 1.82) is 0 Å². The molecule has 16 heavy (non-hydrogen) atoms. The van der Waals surface area contributed by atoms with Crippen LogP contribution in [0.5, 0.6) is 0 Å². The zero-order chi connectivity index (χ0) is 11.4. The number of nitrogens with one attached hydrogen (secondary N) is 1. The van der Waals surface area contributed by atoms with Crippen molar-refractivity contribution in [3.63, 3.8) is 0 Å². The summed E-state index contributed by atoms with van der Waals surface area (Å²) in [6, 6.07) is 1.91. The molecule has 0 atom stereocenters. The molecule has 84 valence electrons. The highest BCUT2D eigenvalue weighted by Gasteiger charge is 2.05. The lowest BCUT2D eigenvalue weighted by Crippen LogP contribution is -1.97. The maximum Gasteiger partial charge on any atom is 0.183 e. The number of nitrogens with zero attached hydrogens (tertiary/aromatic N) is 3. The number of hydrogen-bond donors (Lipinski definition) is 1. The average Bonchev–Trinajstić information content (AvgIpc) is 2.75. The molecule has 0 aromatic carbocycles. The minimum atomic E-state index is 0.786. The molecule has 1 N–H and O–H groups in total. The van der Waals surface area contributed by atoms with Crippen molar-refractivity contribution >= 4 is 16.5 Å². The molecule has 0 unspecified atom stereocenters. The summed E-state index contributed by atoms with van der Waals surface area (Å²) in [5.74, 6) is 0.786. The summed E-state index contributed by atoms with van der Waals surface area (Å²) >= 11 is 1.62. The fourth-order valence-electron chi connectivity index (χ4n) is 1.30. The van der Waals surface area contributed by atoms with Crippen LogP contribution in [0.2, 0.25) is 0 Å². The predicted octanol–water partition coefficient (Wildman–Crippen LogP) is 2.73. The van der Waals surface area contributed by atoms with Crippen molar-refractivity contribution in [2.24, 2.45) is 0 Å². The monoisotopic (exact) mass is 234 g/mol. The van der Waals surface area contributed by atoms with E-state index in [9.17, 15) is 0 Å². The van der Waals surface area contributed by atoms with Gasteiger partial charge in [-0.15, -0.1) is 0 Å². The van der Waals surface area contributed by atoms with Gasteiger partial charge in [0.1, 0.15) is 5.82 Å². The van der Waals surface area contributed by atoms with E-state index >= 15 is 0 Å². The molecule has 0 fully saturated rings. The van der Waals surface area contributed by atoms with Crippen LogP contribution in [-0.4, -0.2) is 21.5 Å². The van der Waals surface area contributed by atoms with Crippen LogP contribution in [0, 0.1) is 6.92 Å². The normalized spacial score (nSPS) is 10.4. The molecule has 0 saturated carbocycles. The number of rotatable bonds is 4. The van der Waals surface area contributed by atoms with E-state index < -0.39 is 0 Å². The molecule has 2 aromatic rings. The summed E-state index contributed by atoms with van der Waals surface area (Å²) in [4.78, 5) is 13.8. The van der Waals surface area contributed by atoms with Gasteiger partial charge in [-0.25, -0.2) is 15.0 Å². The molecular weight excluding hydrogens is 220 g/mol. The lowest BCUT2D eigenvalue weighted by molar-refractivity contribution is 0.976. The molecule has 0 bridgehead atoms. The molecular formula is C11H14N4S. The Morgan fingerprint density at radius 2 is 2.25 bits per heavy atom. The first-order chi connectivity index (χ1) is 7.79. The van der Waals surface area contributed by atoms with E-state index in [0.717, 1.165) is 34.5 Å². The summed E-state index contributed by atoms with van der Waals surface area (Å²) in [6.45, 7) is 4.98. The highest BCUT2D eigenvalue weighted by molar-refractivity contribution is 7.18. The molecule has 0 amide bonds. The first-order valence-corrected chi connectivity index (χ1v) is 6.11. The Balaban J connectivity index is 2.18. The Morgan fingerprint density at radius 3 is 3.00 bits per heavy atom. The van der Waals surface area contributed by atoms with E-state index in [-0.39, 0.29) is 0 Å². The van der Waals surface area contributed by atoms with Gasteiger partial charge in [-0.05, 0) is 19.4 Å². The molecule has 0 spiro atoms. The van der Waals surface area contributed by atoms with E-state index in [1.807, 2.05) is 19.2 Å². The number of aromatic nitrogens is 3. The Labute approximate surface area is 98.8 Å². The van der Waals surface area contributed by atoms with Crippen molar-refractivity contribution in [2.75, 3.05) is 11.9 Å². The smallest absolute Gasteiger partial charge is 0.183 e. The van der Waals surface area contributed by atoms with E-state index in [4.69, 9.17) is 0 Å². The number of anilines is 1. The second-order valence-corrected chi connectivity index (χ2v) is 4.48. The average molecular weight is 234 g/mol. The minimum Gasteiger partial charge on any atom is -0.362 e. The highest BCUT2D eigenvalue weighted by atomic mass is 32.1. The third kappa shape index (κ3) is 2.55. The van der Waals surface area contributed by atoms with Crippen LogP contribution < -0.4 is 5.32 Å². The number of aryl methyl sites for hydroxylation is 1. The Hall–Kier alpha value is -1.49. The van der Waals surface area contributed by atoms with E-state index in [1.165, 1.54) is 0 Å². The Morgan fingerprint density at radius 1 is 1.38 bits per heavy atom. The van der Waals surface area contributed by atoms with Crippen LogP contribution in [0.3, 0.4) is 0 Å². The number of hydrogen-bond acceptors (Lipinski definition) is 5. The zero-order valence-electron chi connectivity index (χ0n) is 9.40. The van der Waals surface area contributed by atoms with Crippen molar-refractivity contribution in [1.82, 2.24) is 15.0 Å². The topological polar surface area (TPSA) is 50.7 Å². The van der Waals surface area contributed by atoms with E-state index in [1.54, 1.807) is 17.5 Å². The molecule has 2 heterocycles. The molecule has 4 nitrogen and oxygen atoms in total. The lowest BCUT2D eigenvalue weighted by atomic mass is 10.3. The van der Waals surface area contributed by atoms with E-state index in [2.05, 4.69) is 27.2 Å². The van der Waals surface area contributed by atoms with Gasteiger partial charge >= 0.3 is 0 Å². The highest BCUT2D eigenvalue weighted by Crippen LogP contribution is 2.27. The first kappa shape index (κ1) is 11.0. The second kappa shape index (κ2) is 5.03. The SMILES string of the molecule is CCCNc1ncc(-c2ccnc(C)n2)s1. The van der Waals surface area contributed by atoms with Crippen LogP contribution in [0.15, 0.2) is 18.5 Å². The molecule has 2 aromatic heterocycles. The first-order valence-electron chi connectivity index (χ1n) is 5.29. The maximum absolute atomic E-state index is 4.37. The van der Waals surface area contributed by atoms with Gasteiger partial charge in [0.15, 0.2) is 5.13 Å². The van der Waals surface area contributed by atoms with Gasteiger partial charge in [0, 0.05) is 18.9 Å². The fraction of sp³-hybridized carbons (Fsp3) is 0.364. The Kier molecular flexibility index (Phi) is 3.46. The van der Waals surface area contributed by atoms with Gasteiger partial charge < -0.3 is 5.32 Å². The molecule has 0 aliphatic rings. The van der Waals surface area contributed by atoms with Gasteiger partial charge in [0.25, 0.3) is 0 Å². The van der Waals surface area contributed by atoms with Crippen molar-refractivity contribution in [2.45, 2.75) is 20.3 Å². The van der Waals surface area contributed by atoms with Crippen molar-refractivity contribution < 1.29 is 0 Å². The van der Waals surface area contributed by atoms with Gasteiger partial charge in [-0.3, -0.25) is 0 Å². The third-order valence-electron chi connectivity index (χ3n) is 2.06. The molecule has 0 aliphatic heterocycles. The van der Waals surface area contributed by atoms with Crippen molar-refractivity contribution in [3.05, 3.63) is 24.3 Å². The summed E-state index contributed by atoms with van der Waals surface area (Å²) in [5, 5.41) is 4.22. The predicted molar refractivity (Wildman–Crippen MR) is 66.7 cm³/mol. The molecule has 0 aliphatic carbocycles. The van der Waals surface area contributed by atoms with Crippen LogP contribution >= 0.6 is 11.3 Å². The minimum absolute atomic E-state index is 0.786. The summed E-state index contributed by atoms with van der Waals surface area (Å²) in [7, 11) is 0. The van der Waals surface area contributed by atoms with Gasteiger partial charge in [0.05, 0.1) is 10.6 Å². The molecule has 5 heteroatoms. The zero-order valence-corrected chi connectivity index (χ0v) is 10.2. The van der Waals surface area contributed by atoms with Gasteiger partial charge in [-0.2, -0.15) is 0 Å². The van der Waals surface area contributed by atoms with Crippen LogP contribution in [0.4, 0.5) is 5.13 Å². The molecule has 0 saturated heterocycles. The number of thiazole rings is 1. The largest absolute Gasteiger partial charge is 0.362 e. The van der Waals surface area contributed by atoms with E-state index in [0.29, 0.717) is 0 Å². The van der Waals surface area contributed by atoms with Crippen LogP contribution in [0.1, 0.15) is 19.2 Å². The standard InChI is InChI=1S/C11H14N4S/c1-3-5-13-11-14-7-10(16-11)9-4-6-12-8(2)15-9/h4,6-7H,3,5H2,1-2H3,(H,13,14). The quantitative estimate of drug-likeness (QED) is 0.883.